The molecule has 3 aromatic rings. The largest absolute Gasteiger partial charge is 0.462 e. The molecule has 0 saturated heterocycles. The number of carbonyl (C=O) groups is 2. The first kappa shape index (κ1) is 20.7. The van der Waals surface area contributed by atoms with Crippen molar-refractivity contribution in [2.45, 2.75) is 50.6 Å². The number of aryl methyl sites for hydroxylation is 3. The second-order valence-electron chi connectivity index (χ2n) is 7.53. The van der Waals surface area contributed by atoms with E-state index in [0.717, 1.165) is 59.4 Å². The Morgan fingerprint density at radius 2 is 1.87 bits per heavy atom. The van der Waals surface area contributed by atoms with Gasteiger partial charge in [0.15, 0.2) is 5.16 Å². The lowest BCUT2D eigenvalue weighted by molar-refractivity contribution is -0.113. The van der Waals surface area contributed by atoms with Crippen LogP contribution in [0, 0.1) is 0 Å². The van der Waals surface area contributed by atoms with Crippen molar-refractivity contribution in [2.75, 3.05) is 17.7 Å². The van der Waals surface area contributed by atoms with Crippen molar-refractivity contribution in [1.82, 2.24) is 9.97 Å². The number of anilines is 1. The van der Waals surface area contributed by atoms with Gasteiger partial charge in [-0.05, 0) is 56.6 Å². The minimum Gasteiger partial charge on any atom is -0.462 e. The fourth-order valence-electron chi connectivity index (χ4n) is 4.26. The van der Waals surface area contributed by atoms with Gasteiger partial charge in [-0.2, -0.15) is 0 Å². The molecule has 3 aromatic heterocycles. The van der Waals surface area contributed by atoms with E-state index in [1.165, 1.54) is 28.0 Å². The van der Waals surface area contributed by atoms with E-state index in [2.05, 4.69) is 15.3 Å². The van der Waals surface area contributed by atoms with Gasteiger partial charge in [-0.3, -0.25) is 9.59 Å². The first-order valence-corrected chi connectivity index (χ1v) is 13.0. The number of ether oxygens (including phenoxy) is 1. The summed E-state index contributed by atoms with van der Waals surface area (Å²) in [7, 11) is 0. The van der Waals surface area contributed by atoms with E-state index >= 15 is 0 Å². The number of nitrogens with zero attached hydrogens (tertiary/aromatic N) is 1. The van der Waals surface area contributed by atoms with Gasteiger partial charge in [0.1, 0.15) is 9.83 Å². The van der Waals surface area contributed by atoms with Crippen LogP contribution in [0.1, 0.15) is 51.0 Å². The highest BCUT2D eigenvalue weighted by molar-refractivity contribution is 7.99. The third kappa shape index (κ3) is 3.81. The number of carbonyl (C=O) groups excluding carboxylic acids is 2. The number of aromatic nitrogens is 2. The Hall–Kier alpha value is -2.17. The first-order chi connectivity index (χ1) is 15.0. The summed E-state index contributed by atoms with van der Waals surface area (Å²) in [6.07, 6.45) is 5.81. The van der Waals surface area contributed by atoms with Gasteiger partial charge in [-0.15, -0.1) is 22.7 Å². The van der Waals surface area contributed by atoms with Crippen LogP contribution in [0.4, 0.5) is 5.00 Å². The van der Waals surface area contributed by atoms with Gasteiger partial charge in [0.2, 0.25) is 5.91 Å². The molecule has 0 bridgehead atoms. The number of rotatable bonds is 6. The van der Waals surface area contributed by atoms with Crippen molar-refractivity contribution in [1.29, 1.82) is 0 Å². The van der Waals surface area contributed by atoms with Crippen LogP contribution in [-0.2, 0) is 35.2 Å². The summed E-state index contributed by atoms with van der Waals surface area (Å²) in [5.74, 6) is -0.538. The quantitative estimate of drug-likeness (QED) is 0.318. The number of esters is 1. The molecule has 2 aliphatic carbocycles. The van der Waals surface area contributed by atoms with E-state index in [4.69, 9.17) is 4.74 Å². The molecule has 7 nitrogen and oxygen atoms in total. The Labute approximate surface area is 190 Å². The van der Waals surface area contributed by atoms with Gasteiger partial charge < -0.3 is 15.0 Å². The van der Waals surface area contributed by atoms with Crippen molar-refractivity contribution in [3.63, 3.8) is 0 Å². The van der Waals surface area contributed by atoms with E-state index in [-0.39, 0.29) is 23.2 Å². The number of H-pyrrole nitrogens is 1. The lowest BCUT2D eigenvalue weighted by atomic mass is 10.1. The minimum atomic E-state index is -0.382. The molecule has 0 aromatic carbocycles. The van der Waals surface area contributed by atoms with Crippen molar-refractivity contribution in [2.24, 2.45) is 0 Å². The lowest BCUT2D eigenvalue weighted by Crippen LogP contribution is -2.17. The van der Waals surface area contributed by atoms with Crippen LogP contribution < -0.4 is 10.9 Å². The summed E-state index contributed by atoms with van der Waals surface area (Å²) in [5, 5.41) is 4.57. The van der Waals surface area contributed by atoms with Gasteiger partial charge in [-0.25, -0.2) is 9.78 Å². The molecule has 0 fully saturated rings. The lowest BCUT2D eigenvalue weighted by Gasteiger charge is -2.08. The average Bonchev–Trinajstić information content (AvgIpc) is 3.46. The summed E-state index contributed by atoms with van der Waals surface area (Å²) < 4.78 is 5.21. The Balaban J connectivity index is 1.31. The summed E-state index contributed by atoms with van der Waals surface area (Å²) in [6, 6.07) is 0. The predicted molar refractivity (Wildman–Crippen MR) is 124 cm³/mol. The van der Waals surface area contributed by atoms with Crippen LogP contribution in [-0.4, -0.2) is 34.2 Å². The molecule has 10 heteroatoms. The van der Waals surface area contributed by atoms with E-state index in [1.54, 1.807) is 18.3 Å². The number of hydrogen-bond acceptors (Lipinski definition) is 8. The topological polar surface area (TPSA) is 101 Å². The third-order valence-electron chi connectivity index (χ3n) is 5.55. The number of fused-ring (bicyclic) bond motifs is 4. The summed E-state index contributed by atoms with van der Waals surface area (Å²) in [6.45, 7) is 2.06. The molecular formula is C21H21N3O4S3. The Morgan fingerprint density at radius 3 is 2.65 bits per heavy atom. The van der Waals surface area contributed by atoms with Gasteiger partial charge in [0.25, 0.3) is 5.56 Å². The SMILES string of the molecule is CCOC(=O)c1c(NC(=O)CSc2nc3sc4c(c3c(=O)[nH]2)CCC4)sc2c1CCC2. The van der Waals surface area contributed by atoms with Crippen LogP contribution in [0.5, 0.6) is 0 Å². The predicted octanol–water partition coefficient (Wildman–Crippen LogP) is 3.93. The van der Waals surface area contributed by atoms with Crippen molar-refractivity contribution >= 4 is 61.5 Å². The van der Waals surface area contributed by atoms with Crippen LogP contribution in [0.25, 0.3) is 10.2 Å². The molecule has 0 radical (unpaired) electrons. The molecule has 1 amide bonds. The normalized spacial score (nSPS) is 14.6. The third-order valence-corrected chi connectivity index (χ3v) is 8.81. The molecule has 2 aliphatic rings. The van der Waals surface area contributed by atoms with E-state index < -0.39 is 0 Å². The standard InChI is InChI=1S/C21H21N3O4S3/c1-2-28-20(27)16-11-6-4-8-13(11)31-19(16)22-14(25)9-29-21-23-17(26)15-10-5-3-7-12(10)30-18(15)24-21/h2-9H2,1H3,(H,22,25)(H,23,24,26). The van der Waals surface area contributed by atoms with Crippen LogP contribution in [0.2, 0.25) is 0 Å². The number of nitrogens with one attached hydrogen (secondary N) is 2. The monoisotopic (exact) mass is 475 g/mol. The molecular weight excluding hydrogens is 454 g/mol. The number of thioether (sulfide) groups is 1. The molecule has 5 rings (SSSR count). The highest BCUT2D eigenvalue weighted by Gasteiger charge is 2.28. The maximum absolute atomic E-state index is 12.6. The zero-order valence-electron chi connectivity index (χ0n) is 17.0. The van der Waals surface area contributed by atoms with E-state index in [1.807, 2.05) is 0 Å². The molecule has 2 N–H and O–H groups in total. The molecule has 0 spiro atoms. The minimum absolute atomic E-state index is 0.0877. The summed E-state index contributed by atoms with van der Waals surface area (Å²) in [5.41, 5.74) is 2.51. The highest BCUT2D eigenvalue weighted by Crippen LogP contribution is 2.40. The number of amides is 1. The van der Waals surface area contributed by atoms with Gasteiger partial charge >= 0.3 is 5.97 Å². The summed E-state index contributed by atoms with van der Waals surface area (Å²) in [4.78, 5) is 48.2. The molecule has 0 atom stereocenters. The molecule has 0 unspecified atom stereocenters. The maximum Gasteiger partial charge on any atom is 0.341 e. The molecule has 0 aliphatic heterocycles. The Bertz CT molecular complexity index is 1260. The van der Waals surface area contributed by atoms with Crippen LogP contribution in [0.15, 0.2) is 9.95 Å². The molecule has 162 valence electrons. The average molecular weight is 476 g/mol. The van der Waals surface area contributed by atoms with Gasteiger partial charge in [0.05, 0.1) is 23.3 Å². The number of hydrogen-bond donors (Lipinski definition) is 2. The van der Waals surface area contributed by atoms with E-state index in [9.17, 15) is 14.4 Å². The second kappa shape index (κ2) is 8.40. The Kier molecular flexibility index (Phi) is 5.61. The zero-order valence-corrected chi connectivity index (χ0v) is 19.4. The smallest absolute Gasteiger partial charge is 0.341 e. The van der Waals surface area contributed by atoms with Crippen molar-refractivity contribution in [3.8, 4) is 0 Å². The zero-order chi connectivity index (χ0) is 21.5. The summed E-state index contributed by atoms with van der Waals surface area (Å²) >= 11 is 4.23. The van der Waals surface area contributed by atoms with Crippen LogP contribution in [0.3, 0.4) is 0 Å². The van der Waals surface area contributed by atoms with E-state index in [0.29, 0.717) is 27.7 Å². The Morgan fingerprint density at radius 1 is 1.13 bits per heavy atom. The highest BCUT2D eigenvalue weighted by atomic mass is 32.2. The van der Waals surface area contributed by atoms with Gasteiger partial charge in [-0.1, -0.05) is 11.8 Å². The fourth-order valence-corrected chi connectivity index (χ4v) is 7.53. The number of aromatic amines is 1. The van der Waals surface area contributed by atoms with Crippen LogP contribution >= 0.6 is 34.4 Å². The molecule has 3 heterocycles. The molecule has 0 saturated carbocycles. The fraction of sp³-hybridized carbons (Fsp3) is 0.429. The van der Waals surface area contributed by atoms with Crippen molar-refractivity contribution < 1.29 is 14.3 Å². The van der Waals surface area contributed by atoms with Crippen molar-refractivity contribution in [3.05, 3.63) is 36.8 Å². The molecule has 31 heavy (non-hydrogen) atoms. The maximum atomic E-state index is 12.6. The second-order valence-corrected chi connectivity index (χ2v) is 10.7. The number of thiophene rings is 2. The first-order valence-electron chi connectivity index (χ1n) is 10.3. The van der Waals surface area contributed by atoms with Gasteiger partial charge in [0, 0.05) is 9.75 Å².